The lowest BCUT2D eigenvalue weighted by atomic mass is 10.2. The van der Waals surface area contributed by atoms with E-state index in [1.54, 1.807) is 19.1 Å². The van der Waals surface area contributed by atoms with Crippen LogP contribution in [0, 0.1) is 13.8 Å². The Kier molecular flexibility index (Phi) is 7.96. The van der Waals surface area contributed by atoms with Gasteiger partial charge in [0.05, 0.1) is 5.35 Å². The lowest BCUT2D eigenvalue weighted by Gasteiger charge is -2.08. The molecule has 0 unspecified atom stereocenters. The summed E-state index contributed by atoms with van der Waals surface area (Å²) in [6, 6.07) is 9.58. The molecule has 1 aromatic carbocycles. The van der Waals surface area contributed by atoms with Crippen molar-refractivity contribution in [3.8, 4) is 5.75 Å². The summed E-state index contributed by atoms with van der Waals surface area (Å²) in [5, 5.41) is 2.50. The molecule has 142 valence electrons. The van der Waals surface area contributed by atoms with Gasteiger partial charge in [-0.05, 0) is 51.5 Å². The Bertz CT molecular complexity index is 843. The normalized spacial score (nSPS) is 13.4. The number of aromatic nitrogens is 1. The molecular formula is C19H22ClF3N2O. The van der Waals surface area contributed by atoms with Crippen LogP contribution in [-0.4, -0.2) is 11.3 Å². The number of pyridine rings is 1. The van der Waals surface area contributed by atoms with Crippen molar-refractivity contribution in [2.45, 2.75) is 40.5 Å². The highest BCUT2D eigenvalue weighted by Crippen LogP contribution is 2.22. The third kappa shape index (κ3) is 7.35. The van der Waals surface area contributed by atoms with E-state index in [2.05, 4.69) is 9.72 Å². The minimum Gasteiger partial charge on any atom is -0.406 e. The van der Waals surface area contributed by atoms with Crippen LogP contribution >= 0.6 is 11.6 Å². The number of hydrogen-bond acceptors (Lipinski definition) is 3. The molecule has 3 nitrogen and oxygen atoms in total. The van der Waals surface area contributed by atoms with Gasteiger partial charge in [0, 0.05) is 21.6 Å². The largest absolute Gasteiger partial charge is 0.573 e. The molecule has 0 saturated carbocycles. The minimum atomic E-state index is -4.60. The summed E-state index contributed by atoms with van der Waals surface area (Å²) in [6.07, 6.45) is -3.83. The molecule has 0 saturated heterocycles. The number of benzene rings is 1. The molecular weight excluding hydrogens is 365 g/mol. The Morgan fingerprint density at radius 1 is 1.12 bits per heavy atom. The summed E-state index contributed by atoms with van der Waals surface area (Å²) >= 11 is 6.10. The van der Waals surface area contributed by atoms with Crippen LogP contribution in [0.4, 0.5) is 13.2 Å². The summed E-state index contributed by atoms with van der Waals surface area (Å²) in [6.45, 7) is 7.59. The second-order valence-electron chi connectivity index (χ2n) is 5.65. The molecule has 0 spiro atoms. The Morgan fingerprint density at radius 3 is 2.15 bits per heavy atom. The summed E-state index contributed by atoms with van der Waals surface area (Å²) in [7, 11) is 0. The summed E-state index contributed by atoms with van der Waals surface area (Å²) < 4.78 is 38.5. The van der Waals surface area contributed by atoms with Crippen LogP contribution in [0.5, 0.6) is 5.75 Å². The van der Waals surface area contributed by atoms with Crippen molar-refractivity contribution in [1.29, 1.82) is 0 Å². The number of ether oxygens (including phenoxy) is 1. The first-order valence-corrected chi connectivity index (χ1v) is 8.32. The van der Waals surface area contributed by atoms with Crippen LogP contribution in [-0.2, 0) is 0 Å². The molecule has 26 heavy (non-hydrogen) atoms. The molecule has 2 aromatic rings. The van der Waals surface area contributed by atoms with Gasteiger partial charge < -0.3 is 10.5 Å². The van der Waals surface area contributed by atoms with Gasteiger partial charge in [0.25, 0.3) is 0 Å². The molecule has 0 bridgehead atoms. The smallest absolute Gasteiger partial charge is 0.406 e. The molecule has 0 amide bonds. The molecule has 0 atom stereocenters. The van der Waals surface area contributed by atoms with E-state index in [0.717, 1.165) is 39.0 Å². The van der Waals surface area contributed by atoms with Gasteiger partial charge in [-0.15, -0.1) is 13.2 Å². The topological polar surface area (TPSA) is 48.1 Å². The van der Waals surface area contributed by atoms with E-state index in [9.17, 15) is 13.2 Å². The first kappa shape index (κ1) is 21.8. The molecule has 1 heterocycles. The maximum atomic E-state index is 11.6. The highest BCUT2D eigenvalue weighted by molar-refractivity contribution is 6.44. The molecule has 7 heteroatoms. The van der Waals surface area contributed by atoms with Gasteiger partial charge in [-0.2, -0.15) is 0 Å². The van der Waals surface area contributed by atoms with Crippen molar-refractivity contribution in [1.82, 2.24) is 4.98 Å². The third-order valence-corrected chi connectivity index (χ3v) is 3.73. The summed E-state index contributed by atoms with van der Waals surface area (Å²) in [5.74, 6) is -0.187. The molecule has 0 radical (unpaired) electrons. The summed E-state index contributed by atoms with van der Waals surface area (Å²) in [5.41, 5.74) is 8.36. The number of nitrogens with two attached hydrogens (primary N) is 1. The Morgan fingerprint density at radius 2 is 1.69 bits per heavy atom. The van der Waals surface area contributed by atoms with E-state index >= 15 is 0 Å². The average molecular weight is 387 g/mol. The Hall–Kier alpha value is -2.21. The van der Waals surface area contributed by atoms with Crippen molar-refractivity contribution >= 4 is 22.3 Å². The zero-order valence-electron chi connectivity index (χ0n) is 15.1. The van der Waals surface area contributed by atoms with Gasteiger partial charge >= 0.3 is 6.36 Å². The van der Waals surface area contributed by atoms with Crippen LogP contribution < -0.4 is 21.0 Å². The number of halogens is 4. The first-order chi connectivity index (χ1) is 12.0. The van der Waals surface area contributed by atoms with E-state index in [1.165, 1.54) is 12.1 Å². The van der Waals surface area contributed by atoms with Crippen molar-refractivity contribution < 1.29 is 17.9 Å². The van der Waals surface area contributed by atoms with Crippen LogP contribution in [0.3, 0.4) is 0 Å². The third-order valence-electron chi connectivity index (χ3n) is 3.28. The minimum absolute atomic E-state index is 0.187. The molecule has 0 fully saturated rings. The maximum Gasteiger partial charge on any atom is 0.573 e. The van der Waals surface area contributed by atoms with E-state index in [1.807, 2.05) is 32.9 Å². The summed E-state index contributed by atoms with van der Waals surface area (Å²) in [4.78, 5) is 4.40. The number of alkyl halides is 3. The van der Waals surface area contributed by atoms with Gasteiger partial charge in [-0.3, -0.25) is 4.98 Å². The Labute approximate surface area is 156 Å². The van der Waals surface area contributed by atoms with E-state index in [0.29, 0.717) is 0 Å². The lowest BCUT2D eigenvalue weighted by molar-refractivity contribution is -0.274. The van der Waals surface area contributed by atoms with E-state index in [-0.39, 0.29) is 5.75 Å². The fourth-order valence-corrected chi connectivity index (χ4v) is 2.13. The predicted octanol–water partition coefficient (Wildman–Crippen LogP) is 4.13. The fourth-order valence-electron chi connectivity index (χ4n) is 1.99. The van der Waals surface area contributed by atoms with Gasteiger partial charge in [0.15, 0.2) is 0 Å². The molecule has 0 aliphatic heterocycles. The van der Waals surface area contributed by atoms with Crippen molar-refractivity contribution in [2.24, 2.45) is 5.73 Å². The van der Waals surface area contributed by atoms with Crippen molar-refractivity contribution in [2.75, 3.05) is 0 Å². The molecule has 0 aliphatic rings. The van der Waals surface area contributed by atoms with Crippen LogP contribution in [0.25, 0.3) is 10.7 Å². The van der Waals surface area contributed by atoms with Gasteiger partial charge in [-0.25, -0.2) is 0 Å². The number of hydrogen-bond donors (Lipinski definition) is 1. The number of aryl methyl sites for hydroxylation is 2. The highest BCUT2D eigenvalue weighted by Gasteiger charge is 2.30. The second-order valence-corrected chi connectivity index (χ2v) is 6.11. The molecule has 2 N–H and O–H groups in total. The van der Waals surface area contributed by atoms with Gasteiger partial charge in [0.1, 0.15) is 5.75 Å². The first-order valence-electron chi connectivity index (χ1n) is 7.94. The van der Waals surface area contributed by atoms with E-state index in [4.69, 9.17) is 17.3 Å². The fraction of sp³-hybridized carbons (Fsp3) is 0.316. The van der Waals surface area contributed by atoms with E-state index < -0.39 is 6.36 Å². The predicted molar refractivity (Wildman–Crippen MR) is 98.9 cm³/mol. The maximum absolute atomic E-state index is 11.6. The van der Waals surface area contributed by atoms with Crippen molar-refractivity contribution in [3.63, 3.8) is 0 Å². The molecule has 1 aromatic heterocycles. The highest BCUT2D eigenvalue weighted by atomic mass is 35.5. The SMILES string of the molecule is CC/C(Cl)=c1/nc(C)cc/c1=C(/C)N.Cc1ccc(OC(F)(F)F)cc1. The van der Waals surface area contributed by atoms with Crippen LogP contribution in [0.2, 0.25) is 0 Å². The monoisotopic (exact) mass is 386 g/mol. The van der Waals surface area contributed by atoms with Crippen LogP contribution in [0.1, 0.15) is 31.5 Å². The van der Waals surface area contributed by atoms with Crippen molar-refractivity contribution in [3.05, 3.63) is 58.2 Å². The zero-order valence-corrected chi connectivity index (χ0v) is 15.9. The average Bonchev–Trinajstić information content (AvgIpc) is 2.55. The molecule has 0 aliphatic carbocycles. The zero-order chi connectivity index (χ0) is 19.9. The number of rotatable bonds is 2. The van der Waals surface area contributed by atoms with Gasteiger partial charge in [0.2, 0.25) is 0 Å². The Balaban J connectivity index is 0.000000263. The van der Waals surface area contributed by atoms with Crippen LogP contribution in [0.15, 0.2) is 36.4 Å². The number of nitrogens with zero attached hydrogens (tertiary/aromatic N) is 1. The van der Waals surface area contributed by atoms with Gasteiger partial charge in [-0.1, -0.05) is 36.2 Å². The molecule has 2 rings (SSSR count). The standard InChI is InChI=1S/C11H15ClN2.C8H7F3O/c1-4-10(12)11-9(8(3)13)6-5-7(2)14-11;1-6-2-4-7(5-3-6)12-8(9,10)11/h5-6H,4,13H2,1-3H3;2-5H,1H3/b9-8+,11-10-;. The second kappa shape index (κ2) is 9.48. The quantitative estimate of drug-likeness (QED) is 0.844. The lowest BCUT2D eigenvalue weighted by Crippen LogP contribution is -2.33.